The van der Waals surface area contributed by atoms with E-state index in [4.69, 9.17) is 10.00 Å². The molecule has 3 rings (SSSR count). The number of rotatable bonds is 4. The number of nitriles is 1. The summed E-state index contributed by atoms with van der Waals surface area (Å²) >= 11 is 0. The van der Waals surface area contributed by atoms with Crippen LogP contribution in [0.2, 0.25) is 0 Å². The number of hydrogen-bond donors (Lipinski definition) is 0. The summed E-state index contributed by atoms with van der Waals surface area (Å²) in [4.78, 5) is 3.92. The van der Waals surface area contributed by atoms with Crippen molar-refractivity contribution < 1.29 is 4.74 Å². The SMILES string of the molecule is N#Cc1ccccc1COc1cccc(-n2cncn2)c1. The quantitative estimate of drug-likeness (QED) is 0.735. The molecule has 0 saturated carbocycles. The molecule has 0 aliphatic carbocycles. The topological polar surface area (TPSA) is 63.7 Å². The lowest BCUT2D eigenvalue weighted by Gasteiger charge is -2.09. The maximum Gasteiger partial charge on any atom is 0.138 e. The van der Waals surface area contributed by atoms with Crippen LogP contribution in [0.15, 0.2) is 61.2 Å². The third-order valence-corrected chi connectivity index (χ3v) is 3.03. The molecule has 0 fully saturated rings. The molecule has 0 bridgehead atoms. The van der Waals surface area contributed by atoms with E-state index in [2.05, 4.69) is 16.2 Å². The number of aromatic nitrogens is 3. The molecule has 0 atom stereocenters. The van der Waals surface area contributed by atoms with E-state index in [1.807, 2.05) is 42.5 Å². The smallest absolute Gasteiger partial charge is 0.138 e. The number of hydrogen-bond acceptors (Lipinski definition) is 4. The highest BCUT2D eigenvalue weighted by atomic mass is 16.5. The fraction of sp³-hybridized carbons (Fsp3) is 0.0625. The highest BCUT2D eigenvalue weighted by Crippen LogP contribution is 2.18. The molecule has 0 spiro atoms. The van der Waals surface area contributed by atoms with Gasteiger partial charge in [0.15, 0.2) is 0 Å². The minimum absolute atomic E-state index is 0.352. The van der Waals surface area contributed by atoms with Crippen molar-refractivity contribution in [2.45, 2.75) is 6.61 Å². The lowest BCUT2D eigenvalue weighted by molar-refractivity contribution is 0.306. The average Bonchev–Trinajstić information content (AvgIpc) is 3.08. The Morgan fingerprint density at radius 3 is 2.86 bits per heavy atom. The molecule has 102 valence electrons. The first kappa shape index (κ1) is 12.9. The molecule has 5 heteroatoms. The Balaban J connectivity index is 1.77. The third-order valence-electron chi connectivity index (χ3n) is 3.03. The van der Waals surface area contributed by atoms with E-state index in [1.165, 1.54) is 6.33 Å². The van der Waals surface area contributed by atoms with Crippen LogP contribution < -0.4 is 4.74 Å². The Bertz CT molecular complexity index is 775. The van der Waals surface area contributed by atoms with Gasteiger partial charge in [0.2, 0.25) is 0 Å². The number of benzene rings is 2. The summed E-state index contributed by atoms with van der Waals surface area (Å²) in [6.07, 6.45) is 3.11. The van der Waals surface area contributed by atoms with Crippen molar-refractivity contribution in [3.63, 3.8) is 0 Å². The molecule has 1 heterocycles. The highest BCUT2D eigenvalue weighted by molar-refractivity contribution is 5.40. The van der Waals surface area contributed by atoms with Gasteiger partial charge in [0.1, 0.15) is 25.0 Å². The summed E-state index contributed by atoms with van der Waals surface area (Å²) in [5.41, 5.74) is 2.37. The molecule has 0 amide bonds. The van der Waals surface area contributed by atoms with Gasteiger partial charge in [-0.1, -0.05) is 24.3 Å². The Morgan fingerprint density at radius 2 is 2.05 bits per heavy atom. The fourth-order valence-corrected chi connectivity index (χ4v) is 1.97. The average molecular weight is 276 g/mol. The third kappa shape index (κ3) is 2.90. The molecule has 0 saturated heterocycles. The number of ether oxygens (including phenoxy) is 1. The van der Waals surface area contributed by atoms with Crippen molar-refractivity contribution >= 4 is 0 Å². The molecule has 3 aromatic rings. The van der Waals surface area contributed by atoms with Gasteiger partial charge in [-0.15, -0.1) is 0 Å². The van der Waals surface area contributed by atoms with Gasteiger partial charge < -0.3 is 4.74 Å². The lowest BCUT2D eigenvalue weighted by atomic mass is 10.1. The van der Waals surface area contributed by atoms with Gasteiger partial charge >= 0.3 is 0 Å². The minimum atomic E-state index is 0.352. The first-order chi connectivity index (χ1) is 10.4. The normalized spacial score (nSPS) is 10.0. The Labute approximate surface area is 122 Å². The van der Waals surface area contributed by atoms with Crippen molar-refractivity contribution in [1.29, 1.82) is 5.26 Å². The maximum absolute atomic E-state index is 9.06. The van der Waals surface area contributed by atoms with E-state index in [0.29, 0.717) is 12.2 Å². The molecular weight excluding hydrogens is 264 g/mol. The van der Waals surface area contributed by atoms with Crippen molar-refractivity contribution in [3.05, 3.63) is 72.3 Å². The zero-order valence-electron chi connectivity index (χ0n) is 11.2. The van der Waals surface area contributed by atoms with Gasteiger partial charge in [-0.2, -0.15) is 10.4 Å². The van der Waals surface area contributed by atoms with Gasteiger partial charge in [0.25, 0.3) is 0 Å². The molecule has 2 aromatic carbocycles. The molecule has 1 aromatic heterocycles. The second kappa shape index (κ2) is 5.88. The van der Waals surface area contributed by atoms with E-state index in [9.17, 15) is 0 Å². The summed E-state index contributed by atoms with van der Waals surface area (Å²) in [6.45, 7) is 0.352. The van der Waals surface area contributed by atoms with Crippen LogP contribution in [0.1, 0.15) is 11.1 Å². The zero-order valence-corrected chi connectivity index (χ0v) is 11.2. The van der Waals surface area contributed by atoms with Crippen LogP contribution in [0.25, 0.3) is 5.69 Å². The second-order valence-corrected chi connectivity index (χ2v) is 4.40. The van der Waals surface area contributed by atoms with E-state index in [1.54, 1.807) is 17.1 Å². The minimum Gasteiger partial charge on any atom is -0.489 e. The van der Waals surface area contributed by atoms with E-state index >= 15 is 0 Å². The van der Waals surface area contributed by atoms with Gasteiger partial charge in [0.05, 0.1) is 17.3 Å². The van der Waals surface area contributed by atoms with Gasteiger partial charge in [0, 0.05) is 11.6 Å². The summed E-state index contributed by atoms with van der Waals surface area (Å²) < 4.78 is 7.42. The van der Waals surface area contributed by atoms with Crippen molar-refractivity contribution in [1.82, 2.24) is 14.8 Å². The van der Waals surface area contributed by atoms with Crippen LogP contribution in [0.3, 0.4) is 0 Å². The molecule has 0 N–H and O–H groups in total. The van der Waals surface area contributed by atoms with E-state index in [0.717, 1.165) is 17.0 Å². The first-order valence-corrected chi connectivity index (χ1v) is 6.43. The van der Waals surface area contributed by atoms with Crippen LogP contribution >= 0.6 is 0 Å². The fourth-order valence-electron chi connectivity index (χ4n) is 1.97. The molecule has 21 heavy (non-hydrogen) atoms. The first-order valence-electron chi connectivity index (χ1n) is 6.43. The van der Waals surface area contributed by atoms with E-state index < -0.39 is 0 Å². The van der Waals surface area contributed by atoms with Crippen LogP contribution in [0.5, 0.6) is 5.75 Å². The zero-order chi connectivity index (χ0) is 14.5. The highest BCUT2D eigenvalue weighted by Gasteiger charge is 2.03. The van der Waals surface area contributed by atoms with Gasteiger partial charge in [-0.05, 0) is 18.2 Å². The number of nitrogens with zero attached hydrogens (tertiary/aromatic N) is 4. The summed E-state index contributed by atoms with van der Waals surface area (Å²) in [6, 6.07) is 17.1. The standard InChI is InChI=1S/C16H12N4O/c17-9-13-4-1-2-5-14(13)10-21-16-7-3-6-15(8-16)20-12-18-11-19-20/h1-8,11-12H,10H2. The Kier molecular flexibility index (Phi) is 3.61. The molecule has 0 radical (unpaired) electrons. The molecule has 0 unspecified atom stereocenters. The van der Waals surface area contributed by atoms with Crippen LogP contribution in [-0.4, -0.2) is 14.8 Å². The molecule has 0 aliphatic rings. The predicted molar refractivity (Wildman–Crippen MR) is 76.8 cm³/mol. The lowest BCUT2D eigenvalue weighted by Crippen LogP contribution is -1.99. The monoisotopic (exact) mass is 276 g/mol. The summed E-state index contributed by atoms with van der Waals surface area (Å²) in [5, 5.41) is 13.1. The molecular formula is C16H12N4O. The van der Waals surface area contributed by atoms with Crippen molar-refractivity contribution in [2.75, 3.05) is 0 Å². The largest absolute Gasteiger partial charge is 0.489 e. The summed E-state index contributed by atoms with van der Waals surface area (Å²) in [7, 11) is 0. The maximum atomic E-state index is 9.06. The Hall–Kier alpha value is -3.13. The van der Waals surface area contributed by atoms with Crippen molar-refractivity contribution in [3.8, 4) is 17.5 Å². The van der Waals surface area contributed by atoms with Crippen molar-refractivity contribution in [2.24, 2.45) is 0 Å². The second-order valence-electron chi connectivity index (χ2n) is 4.40. The van der Waals surface area contributed by atoms with Crippen LogP contribution in [0.4, 0.5) is 0 Å². The predicted octanol–water partition coefficient (Wildman–Crippen LogP) is 2.72. The Morgan fingerprint density at radius 1 is 1.14 bits per heavy atom. The molecule has 5 nitrogen and oxygen atoms in total. The van der Waals surface area contributed by atoms with E-state index in [-0.39, 0.29) is 0 Å². The van der Waals surface area contributed by atoms with Crippen LogP contribution in [-0.2, 0) is 6.61 Å². The van der Waals surface area contributed by atoms with Gasteiger partial charge in [-0.3, -0.25) is 0 Å². The van der Waals surface area contributed by atoms with Gasteiger partial charge in [-0.25, -0.2) is 9.67 Å². The van der Waals surface area contributed by atoms with Crippen LogP contribution in [0, 0.1) is 11.3 Å². The molecule has 0 aliphatic heterocycles. The summed E-state index contributed by atoms with van der Waals surface area (Å²) in [5.74, 6) is 0.718.